The molecule has 162 valence electrons. The highest BCUT2D eigenvalue weighted by Crippen LogP contribution is 2.16. The van der Waals surface area contributed by atoms with Crippen LogP contribution in [0, 0.1) is 0 Å². The highest BCUT2D eigenvalue weighted by atomic mass is 16.4. The van der Waals surface area contributed by atoms with Gasteiger partial charge in [0.15, 0.2) is 0 Å². The molecule has 0 aliphatic heterocycles. The third-order valence-electron chi connectivity index (χ3n) is 5.18. The Morgan fingerprint density at radius 2 is 1.14 bits per heavy atom. The van der Waals surface area contributed by atoms with E-state index < -0.39 is 17.9 Å². The van der Waals surface area contributed by atoms with Crippen molar-refractivity contribution in [3.63, 3.8) is 0 Å². The number of aliphatic carboxylic acids is 3. The molecule has 2 N–H and O–H groups in total. The van der Waals surface area contributed by atoms with Gasteiger partial charge in [-0.15, -0.1) is 6.58 Å². The Labute approximate surface area is 168 Å². The molecule has 0 aromatic heterocycles. The lowest BCUT2D eigenvalue weighted by Gasteiger charge is -2.38. The van der Waals surface area contributed by atoms with Gasteiger partial charge in [0.25, 0.3) is 0 Å². The van der Waals surface area contributed by atoms with Crippen LogP contribution in [-0.2, 0) is 14.4 Å². The molecule has 0 atom stereocenters. The summed E-state index contributed by atoms with van der Waals surface area (Å²) in [6, 6.07) is 0. The molecule has 0 aromatic carbocycles. The number of unbranched alkanes of at least 4 members (excludes halogenated alkanes) is 8. The summed E-state index contributed by atoms with van der Waals surface area (Å²) < 4.78 is 0.216. The summed E-state index contributed by atoms with van der Waals surface area (Å²) in [5, 5.41) is 28.9. The predicted molar refractivity (Wildman–Crippen MR) is 106 cm³/mol. The fourth-order valence-electron chi connectivity index (χ4n) is 3.46. The van der Waals surface area contributed by atoms with Crippen LogP contribution in [0.4, 0.5) is 0 Å². The van der Waals surface area contributed by atoms with Gasteiger partial charge in [-0.25, -0.2) is 0 Å². The zero-order valence-corrected chi connectivity index (χ0v) is 17.1. The Morgan fingerprint density at radius 1 is 0.714 bits per heavy atom. The molecule has 0 aliphatic rings. The maximum atomic E-state index is 11.0. The smallest absolute Gasteiger partial charge is 0.309 e. The van der Waals surface area contributed by atoms with Crippen molar-refractivity contribution in [2.45, 2.75) is 77.0 Å². The summed E-state index contributed by atoms with van der Waals surface area (Å²) in [5.74, 6) is -3.10. The van der Waals surface area contributed by atoms with Gasteiger partial charge in [-0.1, -0.05) is 38.2 Å². The maximum absolute atomic E-state index is 11.0. The second-order valence-electron chi connectivity index (χ2n) is 7.55. The summed E-state index contributed by atoms with van der Waals surface area (Å²) in [6.07, 6.45) is 11.5. The Balaban J connectivity index is 4.45. The Morgan fingerprint density at radius 3 is 1.57 bits per heavy atom. The first-order valence-electron chi connectivity index (χ1n) is 10.4. The molecule has 0 radical (unpaired) electrons. The third kappa shape index (κ3) is 15.2. The zero-order valence-electron chi connectivity index (χ0n) is 17.1. The van der Waals surface area contributed by atoms with Crippen LogP contribution in [0.2, 0.25) is 0 Å². The molecule has 7 nitrogen and oxygen atoms in total. The second kappa shape index (κ2) is 16.1. The molecule has 0 aromatic rings. The minimum absolute atomic E-state index is 0.0998. The minimum atomic E-state index is -1.19. The van der Waals surface area contributed by atoms with E-state index in [9.17, 15) is 19.5 Å². The van der Waals surface area contributed by atoms with Gasteiger partial charge in [0, 0.05) is 12.4 Å². The van der Waals surface area contributed by atoms with Crippen molar-refractivity contribution in [2.24, 2.45) is 0 Å². The highest BCUT2D eigenvalue weighted by molar-refractivity contribution is 5.67. The molecule has 0 heterocycles. The highest BCUT2D eigenvalue weighted by Gasteiger charge is 2.28. The fourth-order valence-corrected chi connectivity index (χ4v) is 3.46. The SMILES string of the molecule is C=CCCCCCCCCCC[N+](CCC(=O)[O-])(CCC(=O)O)CCC(=O)O. The van der Waals surface area contributed by atoms with Crippen molar-refractivity contribution in [3.8, 4) is 0 Å². The molecule has 0 aliphatic carbocycles. The fraction of sp³-hybridized carbons (Fsp3) is 0.762. The number of carboxylic acids is 3. The van der Waals surface area contributed by atoms with Crippen molar-refractivity contribution < 1.29 is 34.2 Å². The minimum Gasteiger partial charge on any atom is -0.550 e. The van der Waals surface area contributed by atoms with Gasteiger partial charge in [0.1, 0.15) is 0 Å². The number of carboxylic acid groups (broad SMARTS) is 3. The molecule has 28 heavy (non-hydrogen) atoms. The van der Waals surface area contributed by atoms with Gasteiger partial charge in [-0.05, 0) is 25.7 Å². The normalized spacial score (nSPS) is 11.3. The van der Waals surface area contributed by atoms with E-state index in [1.54, 1.807) is 0 Å². The lowest BCUT2D eigenvalue weighted by molar-refractivity contribution is -0.927. The quantitative estimate of drug-likeness (QED) is 0.185. The Kier molecular flexibility index (Phi) is 15.0. The van der Waals surface area contributed by atoms with Gasteiger partial charge >= 0.3 is 11.9 Å². The van der Waals surface area contributed by atoms with Crippen LogP contribution < -0.4 is 5.11 Å². The monoisotopic (exact) mass is 399 g/mol. The van der Waals surface area contributed by atoms with Crippen molar-refractivity contribution >= 4 is 17.9 Å². The van der Waals surface area contributed by atoms with Gasteiger partial charge in [-0.2, -0.15) is 0 Å². The number of hydrogen-bond donors (Lipinski definition) is 2. The lowest BCUT2D eigenvalue weighted by Crippen LogP contribution is -2.53. The lowest BCUT2D eigenvalue weighted by atomic mass is 10.1. The number of carbonyl (C=O) groups is 3. The number of hydrogen-bond acceptors (Lipinski definition) is 4. The zero-order chi connectivity index (χ0) is 21.3. The summed E-state index contributed by atoms with van der Waals surface area (Å²) in [7, 11) is 0. The topological polar surface area (TPSA) is 115 Å². The maximum Gasteiger partial charge on any atom is 0.309 e. The summed E-state index contributed by atoms with van der Waals surface area (Å²) in [6.45, 7) is 5.03. The van der Waals surface area contributed by atoms with Crippen LogP contribution in [-0.4, -0.2) is 58.8 Å². The molecular weight excluding hydrogens is 362 g/mol. The van der Waals surface area contributed by atoms with Crippen LogP contribution in [0.5, 0.6) is 0 Å². The molecule has 7 heteroatoms. The number of quaternary nitrogens is 1. The van der Waals surface area contributed by atoms with E-state index in [0.717, 1.165) is 32.1 Å². The van der Waals surface area contributed by atoms with Crippen molar-refractivity contribution in [3.05, 3.63) is 12.7 Å². The Hall–Kier alpha value is -1.89. The van der Waals surface area contributed by atoms with Crippen LogP contribution in [0.15, 0.2) is 12.7 Å². The largest absolute Gasteiger partial charge is 0.550 e. The van der Waals surface area contributed by atoms with E-state index in [-0.39, 0.29) is 43.4 Å². The van der Waals surface area contributed by atoms with E-state index in [1.165, 1.54) is 25.7 Å². The molecule has 0 amide bonds. The predicted octanol–water partition coefficient (Wildman–Crippen LogP) is 2.59. The van der Waals surface area contributed by atoms with Gasteiger partial charge in [0.05, 0.1) is 39.0 Å². The molecule has 0 fully saturated rings. The number of nitrogens with zero attached hydrogens (tertiary/aromatic N) is 1. The van der Waals surface area contributed by atoms with Gasteiger partial charge < -0.3 is 24.6 Å². The number of rotatable bonds is 20. The standard InChI is InChI=1S/C21H37NO6/c1-2-3-4-5-6-7-8-9-10-11-15-22(16-12-19(23)24,17-13-20(25)26)18-14-21(27)28/h2H,1,3-18H2,(H2-,23,24,25,26,27,28). The van der Waals surface area contributed by atoms with Crippen LogP contribution in [0.3, 0.4) is 0 Å². The average Bonchev–Trinajstić information content (AvgIpc) is 2.63. The van der Waals surface area contributed by atoms with Gasteiger partial charge in [-0.3, -0.25) is 9.59 Å². The number of allylic oxidation sites excluding steroid dienone is 1. The first kappa shape index (κ1) is 26.1. The Bertz CT molecular complexity index is 432. The molecule has 0 saturated heterocycles. The molecule has 0 rings (SSSR count). The third-order valence-corrected chi connectivity index (χ3v) is 5.18. The van der Waals surface area contributed by atoms with Crippen molar-refractivity contribution in [1.82, 2.24) is 0 Å². The first-order chi connectivity index (χ1) is 13.3. The van der Waals surface area contributed by atoms with Crippen LogP contribution in [0.1, 0.15) is 77.0 Å². The van der Waals surface area contributed by atoms with E-state index in [0.29, 0.717) is 6.54 Å². The molecule has 0 bridgehead atoms. The van der Waals surface area contributed by atoms with Gasteiger partial charge in [0.2, 0.25) is 0 Å². The summed E-state index contributed by atoms with van der Waals surface area (Å²) >= 11 is 0. The molecular formula is C21H37NO6. The molecule has 0 saturated carbocycles. The van der Waals surface area contributed by atoms with Crippen molar-refractivity contribution in [2.75, 3.05) is 26.2 Å². The average molecular weight is 400 g/mol. The summed E-state index contributed by atoms with van der Waals surface area (Å²) in [5.41, 5.74) is 0. The first-order valence-corrected chi connectivity index (χ1v) is 10.4. The van der Waals surface area contributed by atoms with Crippen LogP contribution in [0.25, 0.3) is 0 Å². The second-order valence-corrected chi connectivity index (χ2v) is 7.55. The van der Waals surface area contributed by atoms with E-state index in [4.69, 9.17) is 10.2 Å². The number of carbonyl (C=O) groups excluding carboxylic acids is 1. The summed E-state index contributed by atoms with van der Waals surface area (Å²) in [4.78, 5) is 32.9. The molecule has 0 spiro atoms. The van der Waals surface area contributed by atoms with E-state index in [1.807, 2.05) is 6.08 Å². The van der Waals surface area contributed by atoms with E-state index >= 15 is 0 Å². The van der Waals surface area contributed by atoms with Crippen LogP contribution >= 0.6 is 0 Å². The molecule has 0 unspecified atom stereocenters. The van der Waals surface area contributed by atoms with Crippen molar-refractivity contribution in [1.29, 1.82) is 0 Å². The van der Waals surface area contributed by atoms with E-state index in [2.05, 4.69) is 6.58 Å².